The SMILES string of the molecule is CN1C(=O)[C@@](c2ccccc2)(c2cccc(-c3cccnc3)c2)N=C1N. The van der Waals surface area contributed by atoms with Crippen molar-refractivity contribution in [1.82, 2.24) is 9.88 Å². The Kier molecular flexibility index (Phi) is 3.77. The molecule has 3 aromatic rings. The lowest BCUT2D eigenvalue weighted by molar-refractivity contribution is -0.129. The molecule has 5 nitrogen and oxygen atoms in total. The van der Waals surface area contributed by atoms with Gasteiger partial charge in [-0.1, -0.05) is 54.6 Å². The minimum Gasteiger partial charge on any atom is -0.369 e. The predicted molar refractivity (Wildman–Crippen MR) is 101 cm³/mol. The highest BCUT2D eigenvalue weighted by Crippen LogP contribution is 2.40. The second kappa shape index (κ2) is 6.11. The third-order valence-corrected chi connectivity index (χ3v) is 4.71. The quantitative estimate of drug-likeness (QED) is 0.795. The van der Waals surface area contributed by atoms with Gasteiger partial charge in [0.2, 0.25) is 0 Å². The Labute approximate surface area is 151 Å². The summed E-state index contributed by atoms with van der Waals surface area (Å²) >= 11 is 0. The molecule has 1 aliphatic heterocycles. The molecule has 2 N–H and O–H groups in total. The third kappa shape index (κ3) is 2.37. The number of guanidine groups is 1. The average molecular weight is 342 g/mol. The van der Waals surface area contributed by atoms with E-state index in [4.69, 9.17) is 5.73 Å². The van der Waals surface area contributed by atoms with Gasteiger partial charge >= 0.3 is 0 Å². The maximum absolute atomic E-state index is 13.2. The molecule has 0 aliphatic carbocycles. The molecule has 1 aliphatic rings. The molecule has 2 aromatic carbocycles. The van der Waals surface area contributed by atoms with Crippen LogP contribution in [0.4, 0.5) is 0 Å². The third-order valence-electron chi connectivity index (χ3n) is 4.71. The lowest BCUT2D eigenvalue weighted by Crippen LogP contribution is -2.41. The number of pyridine rings is 1. The number of carbonyl (C=O) groups excluding carboxylic acids is 1. The molecule has 4 rings (SSSR count). The number of hydrogen-bond acceptors (Lipinski definition) is 4. The van der Waals surface area contributed by atoms with E-state index in [1.165, 1.54) is 4.90 Å². The lowest BCUT2D eigenvalue weighted by Gasteiger charge is -2.26. The summed E-state index contributed by atoms with van der Waals surface area (Å²) in [6.07, 6.45) is 3.54. The molecule has 0 saturated carbocycles. The number of hydrogen-bond donors (Lipinski definition) is 1. The summed E-state index contributed by atoms with van der Waals surface area (Å²) in [6.45, 7) is 0. The van der Waals surface area contributed by atoms with Crippen molar-refractivity contribution in [2.75, 3.05) is 7.05 Å². The number of aliphatic imine (C=N–C) groups is 1. The molecule has 1 amide bonds. The molecular weight excluding hydrogens is 324 g/mol. The van der Waals surface area contributed by atoms with Crippen LogP contribution in [0, 0.1) is 0 Å². The van der Waals surface area contributed by atoms with E-state index < -0.39 is 5.54 Å². The molecule has 0 unspecified atom stereocenters. The Morgan fingerprint density at radius 1 is 0.923 bits per heavy atom. The molecule has 0 spiro atoms. The second-order valence-electron chi connectivity index (χ2n) is 6.23. The van der Waals surface area contributed by atoms with Crippen LogP contribution in [0.1, 0.15) is 11.1 Å². The number of carbonyl (C=O) groups is 1. The van der Waals surface area contributed by atoms with Crippen molar-refractivity contribution in [2.45, 2.75) is 5.54 Å². The Balaban J connectivity index is 1.94. The van der Waals surface area contributed by atoms with Crippen LogP contribution < -0.4 is 5.73 Å². The summed E-state index contributed by atoms with van der Waals surface area (Å²) in [5.41, 5.74) is 8.37. The Bertz CT molecular complexity index is 985. The minimum absolute atomic E-state index is 0.162. The van der Waals surface area contributed by atoms with Crippen molar-refractivity contribution in [2.24, 2.45) is 10.7 Å². The second-order valence-corrected chi connectivity index (χ2v) is 6.23. The lowest BCUT2D eigenvalue weighted by atomic mass is 9.82. The van der Waals surface area contributed by atoms with Crippen LogP contribution in [0.15, 0.2) is 84.1 Å². The van der Waals surface area contributed by atoms with Gasteiger partial charge in [0.25, 0.3) is 5.91 Å². The van der Waals surface area contributed by atoms with E-state index in [0.29, 0.717) is 0 Å². The monoisotopic (exact) mass is 342 g/mol. The Morgan fingerprint density at radius 3 is 2.31 bits per heavy atom. The average Bonchev–Trinajstić information content (AvgIpc) is 2.94. The van der Waals surface area contributed by atoms with Gasteiger partial charge < -0.3 is 5.73 Å². The highest BCUT2D eigenvalue weighted by atomic mass is 16.2. The standard InChI is InChI=1S/C21H18N4O/c1-25-19(26)21(24-20(25)22,17-9-3-2-4-10-17)18-11-5-7-15(13-18)16-8-6-12-23-14-16/h2-14H,1H3,(H2,22,24)/t21-/m1/s1. The Hall–Kier alpha value is -3.47. The number of likely N-dealkylation sites (N-methyl/N-ethyl adjacent to an activating group) is 1. The van der Waals surface area contributed by atoms with E-state index in [1.807, 2.05) is 66.7 Å². The molecule has 0 saturated heterocycles. The molecule has 26 heavy (non-hydrogen) atoms. The van der Waals surface area contributed by atoms with Crippen molar-refractivity contribution >= 4 is 11.9 Å². The zero-order valence-electron chi connectivity index (χ0n) is 14.3. The van der Waals surface area contributed by atoms with Crippen LogP contribution in [0.3, 0.4) is 0 Å². The smallest absolute Gasteiger partial charge is 0.266 e. The normalized spacial score (nSPS) is 19.5. The molecule has 2 heterocycles. The van der Waals surface area contributed by atoms with Gasteiger partial charge in [-0.3, -0.25) is 14.7 Å². The fourth-order valence-electron chi connectivity index (χ4n) is 3.32. The van der Waals surface area contributed by atoms with Crippen molar-refractivity contribution in [3.05, 3.63) is 90.3 Å². The Morgan fingerprint density at radius 2 is 1.65 bits per heavy atom. The van der Waals surface area contributed by atoms with Crippen LogP contribution in [0.5, 0.6) is 0 Å². The first-order valence-electron chi connectivity index (χ1n) is 8.33. The summed E-state index contributed by atoms with van der Waals surface area (Å²) in [4.78, 5) is 23.4. The molecule has 0 radical (unpaired) electrons. The van der Waals surface area contributed by atoms with E-state index in [-0.39, 0.29) is 11.9 Å². The molecule has 1 aromatic heterocycles. The van der Waals surface area contributed by atoms with Crippen LogP contribution in [-0.4, -0.2) is 28.8 Å². The van der Waals surface area contributed by atoms with E-state index >= 15 is 0 Å². The van der Waals surface area contributed by atoms with Gasteiger partial charge in [-0.15, -0.1) is 0 Å². The van der Waals surface area contributed by atoms with Crippen LogP contribution in [0.25, 0.3) is 11.1 Å². The maximum Gasteiger partial charge on any atom is 0.266 e. The van der Waals surface area contributed by atoms with Crippen molar-refractivity contribution in [3.8, 4) is 11.1 Å². The zero-order valence-corrected chi connectivity index (χ0v) is 14.3. The summed E-state index contributed by atoms with van der Waals surface area (Å²) in [5, 5.41) is 0. The van der Waals surface area contributed by atoms with E-state index in [9.17, 15) is 4.79 Å². The number of rotatable bonds is 3. The van der Waals surface area contributed by atoms with Gasteiger partial charge in [0.1, 0.15) is 0 Å². The molecule has 1 atom stereocenters. The number of nitrogens with two attached hydrogens (primary N) is 1. The van der Waals surface area contributed by atoms with Gasteiger partial charge in [0.15, 0.2) is 11.5 Å². The fourth-order valence-corrected chi connectivity index (χ4v) is 3.32. The van der Waals surface area contributed by atoms with E-state index in [2.05, 4.69) is 9.98 Å². The summed E-state index contributed by atoms with van der Waals surface area (Å²) in [5.74, 6) is 0.0511. The van der Waals surface area contributed by atoms with Gasteiger partial charge in [-0.25, -0.2) is 4.99 Å². The maximum atomic E-state index is 13.2. The molecule has 5 heteroatoms. The van der Waals surface area contributed by atoms with Gasteiger partial charge in [-0.05, 0) is 34.4 Å². The van der Waals surface area contributed by atoms with Gasteiger partial charge in [-0.2, -0.15) is 0 Å². The van der Waals surface area contributed by atoms with Gasteiger partial charge in [0, 0.05) is 19.4 Å². The number of amides is 1. The first-order valence-corrected chi connectivity index (χ1v) is 8.33. The zero-order chi connectivity index (χ0) is 18.1. The number of nitrogens with zero attached hydrogens (tertiary/aromatic N) is 3. The summed E-state index contributed by atoms with van der Waals surface area (Å²) in [6, 6.07) is 21.2. The summed E-state index contributed by atoms with van der Waals surface area (Å²) < 4.78 is 0. The van der Waals surface area contributed by atoms with E-state index in [1.54, 1.807) is 19.4 Å². The van der Waals surface area contributed by atoms with Crippen LogP contribution in [-0.2, 0) is 10.3 Å². The van der Waals surface area contributed by atoms with E-state index in [0.717, 1.165) is 22.3 Å². The largest absolute Gasteiger partial charge is 0.369 e. The highest BCUT2D eigenvalue weighted by molar-refractivity contribution is 6.09. The predicted octanol–water partition coefficient (Wildman–Crippen LogP) is 2.78. The van der Waals surface area contributed by atoms with Crippen molar-refractivity contribution in [3.63, 3.8) is 0 Å². The number of benzene rings is 2. The number of aromatic nitrogens is 1. The van der Waals surface area contributed by atoms with Crippen molar-refractivity contribution < 1.29 is 4.79 Å². The minimum atomic E-state index is -1.17. The topological polar surface area (TPSA) is 71.6 Å². The first kappa shape index (κ1) is 16.0. The summed E-state index contributed by atoms with van der Waals surface area (Å²) in [7, 11) is 1.65. The van der Waals surface area contributed by atoms with Crippen LogP contribution in [0.2, 0.25) is 0 Å². The van der Waals surface area contributed by atoms with Gasteiger partial charge in [0.05, 0.1) is 0 Å². The molecular formula is C21H18N4O. The molecule has 0 bridgehead atoms. The molecule has 128 valence electrons. The van der Waals surface area contributed by atoms with Crippen molar-refractivity contribution in [1.29, 1.82) is 0 Å². The highest BCUT2D eigenvalue weighted by Gasteiger charge is 2.49. The molecule has 0 fully saturated rings. The van der Waals surface area contributed by atoms with Crippen LogP contribution >= 0.6 is 0 Å². The fraction of sp³-hybridized carbons (Fsp3) is 0.0952. The first-order chi connectivity index (χ1) is 12.6.